The average molecular weight is 318 g/mol. The number of piperidine rings is 1. The molecule has 0 aromatic rings. The molecule has 124 valence electrons. The van der Waals surface area contributed by atoms with Gasteiger partial charge in [-0.3, -0.25) is 9.69 Å². The number of hydrogen-bond acceptors (Lipinski definition) is 3. The number of halogens is 1. The fourth-order valence-corrected chi connectivity index (χ4v) is 3.63. The second kappa shape index (κ2) is 8.35. The zero-order chi connectivity index (χ0) is 14.7. The molecule has 2 aliphatic rings. The monoisotopic (exact) mass is 317 g/mol. The second-order valence-electron chi connectivity index (χ2n) is 7.11. The zero-order valence-corrected chi connectivity index (χ0v) is 14.5. The van der Waals surface area contributed by atoms with E-state index < -0.39 is 0 Å². The van der Waals surface area contributed by atoms with Gasteiger partial charge in [-0.25, -0.2) is 0 Å². The minimum Gasteiger partial charge on any atom is -0.352 e. The van der Waals surface area contributed by atoms with Crippen LogP contribution in [0.1, 0.15) is 46.5 Å². The van der Waals surface area contributed by atoms with Crippen molar-refractivity contribution in [3.05, 3.63) is 0 Å². The summed E-state index contributed by atoms with van der Waals surface area (Å²) in [4.78, 5) is 14.5. The first-order chi connectivity index (χ1) is 9.47. The Morgan fingerprint density at radius 1 is 1.19 bits per heavy atom. The van der Waals surface area contributed by atoms with E-state index >= 15 is 0 Å². The molecule has 21 heavy (non-hydrogen) atoms. The van der Waals surface area contributed by atoms with Crippen molar-refractivity contribution in [2.45, 2.75) is 58.5 Å². The molecular formula is C16H32ClN3O. The summed E-state index contributed by atoms with van der Waals surface area (Å²) in [7, 11) is 0. The van der Waals surface area contributed by atoms with E-state index in [2.05, 4.69) is 31.0 Å². The third-order valence-corrected chi connectivity index (χ3v) is 5.48. The summed E-state index contributed by atoms with van der Waals surface area (Å²) in [5.41, 5.74) is 6.03. The van der Waals surface area contributed by atoms with Crippen LogP contribution in [0.3, 0.4) is 0 Å². The van der Waals surface area contributed by atoms with Gasteiger partial charge in [-0.15, -0.1) is 12.4 Å². The molecule has 0 aromatic heterocycles. The van der Waals surface area contributed by atoms with Gasteiger partial charge < -0.3 is 11.1 Å². The second-order valence-corrected chi connectivity index (χ2v) is 7.11. The summed E-state index contributed by atoms with van der Waals surface area (Å²) in [5.74, 6) is 2.01. The summed E-state index contributed by atoms with van der Waals surface area (Å²) in [6.45, 7) is 9.20. The summed E-state index contributed by atoms with van der Waals surface area (Å²) < 4.78 is 0. The molecule has 3 N–H and O–H groups in total. The molecule has 2 fully saturated rings. The Hall–Kier alpha value is -0.320. The number of amides is 1. The Morgan fingerprint density at radius 2 is 1.90 bits per heavy atom. The van der Waals surface area contributed by atoms with E-state index in [0.29, 0.717) is 30.5 Å². The van der Waals surface area contributed by atoms with Crippen molar-refractivity contribution in [1.82, 2.24) is 10.2 Å². The molecule has 1 saturated heterocycles. The predicted octanol–water partition coefficient (Wildman–Crippen LogP) is 2.02. The van der Waals surface area contributed by atoms with Gasteiger partial charge in [0.2, 0.25) is 5.91 Å². The van der Waals surface area contributed by atoms with E-state index in [-0.39, 0.29) is 18.3 Å². The van der Waals surface area contributed by atoms with Crippen LogP contribution >= 0.6 is 12.4 Å². The maximum absolute atomic E-state index is 12.2. The molecule has 0 bridgehead atoms. The van der Waals surface area contributed by atoms with Crippen molar-refractivity contribution in [2.24, 2.45) is 23.5 Å². The fourth-order valence-electron chi connectivity index (χ4n) is 3.63. The quantitative estimate of drug-likeness (QED) is 0.837. The number of nitrogens with one attached hydrogen (secondary N) is 1. The Morgan fingerprint density at radius 3 is 2.57 bits per heavy atom. The third-order valence-electron chi connectivity index (χ3n) is 5.48. The number of carbonyl (C=O) groups is 1. The SMILES string of the molecule is CC1CN(CC(=O)NC2CCCC(C)C2C)CCC1N.Cl. The van der Waals surface area contributed by atoms with E-state index in [4.69, 9.17) is 5.73 Å². The Kier molecular flexibility index (Phi) is 7.45. The number of rotatable bonds is 3. The van der Waals surface area contributed by atoms with E-state index in [1.165, 1.54) is 12.8 Å². The van der Waals surface area contributed by atoms with Gasteiger partial charge in [-0.1, -0.05) is 33.6 Å². The van der Waals surface area contributed by atoms with Gasteiger partial charge >= 0.3 is 0 Å². The lowest BCUT2D eigenvalue weighted by molar-refractivity contribution is -0.124. The standard InChI is InChI=1S/C16H31N3O.ClH/c1-11-5-4-6-15(13(11)3)18-16(20)10-19-8-7-14(17)12(2)9-19;/h11-15H,4-10,17H2,1-3H3,(H,18,20);1H. The molecule has 5 unspecified atom stereocenters. The molecule has 5 atom stereocenters. The molecule has 5 heteroatoms. The van der Waals surface area contributed by atoms with E-state index in [1.54, 1.807) is 0 Å². The van der Waals surface area contributed by atoms with Crippen LogP contribution in [0.15, 0.2) is 0 Å². The van der Waals surface area contributed by atoms with E-state index in [9.17, 15) is 4.79 Å². The molecule has 1 saturated carbocycles. The molecule has 1 heterocycles. The highest BCUT2D eigenvalue weighted by Crippen LogP contribution is 2.29. The van der Waals surface area contributed by atoms with Crippen molar-refractivity contribution in [3.63, 3.8) is 0 Å². The summed E-state index contributed by atoms with van der Waals surface area (Å²) in [5, 5.41) is 3.26. The Balaban J connectivity index is 0.00000220. The van der Waals surface area contributed by atoms with Gasteiger partial charge in [0.25, 0.3) is 0 Å². The first-order valence-corrected chi connectivity index (χ1v) is 8.24. The highest BCUT2D eigenvalue weighted by molar-refractivity contribution is 5.85. The van der Waals surface area contributed by atoms with Gasteiger partial charge in [0.15, 0.2) is 0 Å². The Bertz CT molecular complexity index is 339. The predicted molar refractivity (Wildman–Crippen MR) is 89.6 cm³/mol. The van der Waals surface area contributed by atoms with E-state index in [0.717, 1.165) is 31.8 Å². The van der Waals surface area contributed by atoms with Gasteiger partial charge in [-0.05, 0) is 30.6 Å². The largest absolute Gasteiger partial charge is 0.352 e. The number of likely N-dealkylation sites (tertiary alicyclic amines) is 1. The van der Waals surface area contributed by atoms with Crippen molar-refractivity contribution in [2.75, 3.05) is 19.6 Å². The van der Waals surface area contributed by atoms with Crippen molar-refractivity contribution < 1.29 is 4.79 Å². The molecule has 1 aliphatic carbocycles. The first-order valence-electron chi connectivity index (χ1n) is 8.24. The maximum atomic E-state index is 12.2. The van der Waals surface area contributed by atoms with E-state index in [1.807, 2.05) is 0 Å². The molecule has 1 aliphatic heterocycles. The van der Waals surface area contributed by atoms with Crippen LogP contribution in [0.4, 0.5) is 0 Å². The van der Waals surface area contributed by atoms with Crippen LogP contribution in [0, 0.1) is 17.8 Å². The molecule has 4 nitrogen and oxygen atoms in total. The lowest BCUT2D eigenvalue weighted by Crippen LogP contribution is -2.51. The van der Waals surface area contributed by atoms with Crippen LogP contribution in [0.2, 0.25) is 0 Å². The molecule has 0 aromatic carbocycles. The van der Waals surface area contributed by atoms with Crippen molar-refractivity contribution in [1.29, 1.82) is 0 Å². The summed E-state index contributed by atoms with van der Waals surface area (Å²) in [6, 6.07) is 0.671. The molecule has 1 amide bonds. The van der Waals surface area contributed by atoms with Gasteiger partial charge in [-0.2, -0.15) is 0 Å². The van der Waals surface area contributed by atoms with Crippen LogP contribution in [-0.4, -0.2) is 42.5 Å². The van der Waals surface area contributed by atoms with Gasteiger partial charge in [0.05, 0.1) is 6.54 Å². The minimum absolute atomic E-state index is 0. The fraction of sp³-hybridized carbons (Fsp3) is 0.938. The lowest BCUT2D eigenvalue weighted by atomic mass is 9.78. The highest BCUT2D eigenvalue weighted by Gasteiger charge is 2.29. The van der Waals surface area contributed by atoms with Gasteiger partial charge in [0.1, 0.15) is 0 Å². The third kappa shape index (κ3) is 5.11. The van der Waals surface area contributed by atoms with Crippen LogP contribution in [0.25, 0.3) is 0 Å². The van der Waals surface area contributed by atoms with Crippen LogP contribution in [0.5, 0.6) is 0 Å². The van der Waals surface area contributed by atoms with Gasteiger partial charge in [0, 0.05) is 25.2 Å². The highest BCUT2D eigenvalue weighted by atomic mass is 35.5. The molecule has 0 spiro atoms. The molecular weight excluding hydrogens is 286 g/mol. The lowest BCUT2D eigenvalue weighted by Gasteiger charge is -2.37. The smallest absolute Gasteiger partial charge is 0.234 e. The normalized spacial score (nSPS) is 37.6. The molecule has 0 radical (unpaired) electrons. The average Bonchev–Trinajstić information content (AvgIpc) is 2.39. The minimum atomic E-state index is 0. The summed E-state index contributed by atoms with van der Waals surface area (Å²) >= 11 is 0. The first kappa shape index (κ1) is 18.7. The number of hydrogen-bond donors (Lipinski definition) is 2. The number of carbonyl (C=O) groups excluding carboxylic acids is 1. The Labute approximate surface area is 135 Å². The zero-order valence-electron chi connectivity index (χ0n) is 13.7. The molecule has 2 rings (SSSR count). The summed E-state index contributed by atoms with van der Waals surface area (Å²) in [6.07, 6.45) is 4.69. The van der Waals surface area contributed by atoms with Crippen molar-refractivity contribution in [3.8, 4) is 0 Å². The number of nitrogens with two attached hydrogens (primary N) is 1. The van der Waals surface area contributed by atoms with Crippen molar-refractivity contribution >= 4 is 18.3 Å². The number of nitrogens with zero attached hydrogens (tertiary/aromatic N) is 1. The topological polar surface area (TPSA) is 58.4 Å². The van der Waals surface area contributed by atoms with Crippen LogP contribution < -0.4 is 11.1 Å². The maximum Gasteiger partial charge on any atom is 0.234 e. The van der Waals surface area contributed by atoms with Crippen LogP contribution in [-0.2, 0) is 4.79 Å².